The molecule has 0 aromatic heterocycles. The van der Waals surface area contributed by atoms with Crippen LogP contribution in [0.1, 0.15) is 26.3 Å². The van der Waals surface area contributed by atoms with Crippen molar-refractivity contribution >= 4 is 39.8 Å². The number of nitrogens with zero attached hydrogens (tertiary/aromatic N) is 2. The average molecular weight is 495 g/mol. The number of fused-ring (bicyclic) bond motifs is 1. The normalized spacial score (nSPS) is 20.4. The SMILES string of the molecule is CCNC(=NCc1cccc2c1OCO2)N1CCS(=O)(=O)C(C)(C)C1.I. The Bertz CT molecular complexity index is 780. The number of halogens is 1. The summed E-state index contributed by atoms with van der Waals surface area (Å²) in [5.74, 6) is 2.34. The van der Waals surface area contributed by atoms with Crippen molar-refractivity contribution in [3.8, 4) is 11.5 Å². The number of benzene rings is 1. The molecule has 0 amide bonds. The highest BCUT2D eigenvalue weighted by Crippen LogP contribution is 2.35. The molecule has 1 aromatic rings. The number of rotatable bonds is 3. The third-order valence-corrected chi connectivity index (χ3v) is 7.09. The molecule has 0 saturated carbocycles. The zero-order valence-corrected chi connectivity index (χ0v) is 18.5. The lowest BCUT2D eigenvalue weighted by Gasteiger charge is -2.39. The first kappa shape index (κ1) is 21.1. The van der Waals surface area contributed by atoms with E-state index in [4.69, 9.17) is 14.5 Å². The molecule has 0 atom stereocenters. The van der Waals surface area contributed by atoms with Gasteiger partial charge in [-0.15, -0.1) is 24.0 Å². The summed E-state index contributed by atoms with van der Waals surface area (Å²) < 4.78 is 34.6. The molecule has 9 heteroatoms. The summed E-state index contributed by atoms with van der Waals surface area (Å²) in [6.07, 6.45) is 0. The molecule has 146 valence electrons. The van der Waals surface area contributed by atoms with Gasteiger partial charge in [0.1, 0.15) is 0 Å². The molecule has 0 unspecified atom stereocenters. The highest BCUT2D eigenvalue weighted by Gasteiger charge is 2.41. The number of para-hydroxylation sites is 1. The topological polar surface area (TPSA) is 80.2 Å². The number of ether oxygens (including phenoxy) is 2. The highest BCUT2D eigenvalue weighted by molar-refractivity contribution is 14.0. The number of hydrogen-bond acceptors (Lipinski definition) is 5. The minimum Gasteiger partial charge on any atom is -0.454 e. The fraction of sp³-hybridized carbons (Fsp3) is 0.588. The van der Waals surface area contributed by atoms with Crippen LogP contribution in [-0.4, -0.2) is 56.2 Å². The Kier molecular flexibility index (Phi) is 6.65. The predicted molar refractivity (Wildman–Crippen MR) is 112 cm³/mol. The van der Waals surface area contributed by atoms with Gasteiger partial charge in [0.05, 0.1) is 17.0 Å². The number of nitrogens with one attached hydrogen (secondary N) is 1. The largest absolute Gasteiger partial charge is 0.454 e. The second-order valence-electron chi connectivity index (χ2n) is 6.82. The van der Waals surface area contributed by atoms with E-state index < -0.39 is 14.6 Å². The number of sulfone groups is 1. The molecule has 0 bridgehead atoms. The first-order valence-corrected chi connectivity index (χ1v) is 10.1. The Morgan fingerprint density at radius 1 is 1.35 bits per heavy atom. The number of aliphatic imine (C=N–C) groups is 1. The second-order valence-corrected chi connectivity index (χ2v) is 9.56. The van der Waals surface area contributed by atoms with Gasteiger partial charge in [-0.3, -0.25) is 0 Å². The minimum atomic E-state index is -3.08. The van der Waals surface area contributed by atoms with E-state index in [-0.39, 0.29) is 36.5 Å². The first-order chi connectivity index (χ1) is 11.8. The van der Waals surface area contributed by atoms with Crippen LogP contribution in [-0.2, 0) is 16.4 Å². The predicted octanol–water partition coefficient (Wildman–Crippen LogP) is 2.01. The van der Waals surface area contributed by atoms with Gasteiger partial charge in [-0.25, -0.2) is 13.4 Å². The van der Waals surface area contributed by atoms with Crippen LogP contribution < -0.4 is 14.8 Å². The van der Waals surface area contributed by atoms with Gasteiger partial charge < -0.3 is 19.7 Å². The molecule has 1 N–H and O–H groups in total. The zero-order valence-electron chi connectivity index (χ0n) is 15.3. The molecule has 2 aliphatic rings. The maximum atomic E-state index is 12.2. The molecular formula is C17H26IN3O4S. The van der Waals surface area contributed by atoms with E-state index in [2.05, 4.69) is 5.32 Å². The van der Waals surface area contributed by atoms with Crippen LogP contribution >= 0.6 is 24.0 Å². The van der Waals surface area contributed by atoms with E-state index in [0.29, 0.717) is 19.6 Å². The lowest BCUT2D eigenvalue weighted by molar-refractivity contribution is 0.173. The summed E-state index contributed by atoms with van der Waals surface area (Å²) in [5.41, 5.74) is 0.953. The van der Waals surface area contributed by atoms with Crippen LogP contribution in [0.25, 0.3) is 0 Å². The monoisotopic (exact) mass is 495 g/mol. The maximum absolute atomic E-state index is 12.2. The van der Waals surface area contributed by atoms with Crippen LogP contribution in [0, 0.1) is 0 Å². The summed E-state index contributed by atoms with van der Waals surface area (Å²) >= 11 is 0. The van der Waals surface area contributed by atoms with Gasteiger partial charge in [-0.05, 0) is 26.8 Å². The van der Waals surface area contributed by atoms with E-state index in [0.717, 1.165) is 29.6 Å². The number of hydrogen-bond donors (Lipinski definition) is 1. The van der Waals surface area contributed by atoms with Crippen LogP contribution in [0.4, 0.5) is 0 Å². The molecule has 1 aromatic carbocycles. The Hall–Kier alpha value is -1.23. The second kappa shape index (κ2) is 8.20. The van der Waals surface area contributed by atoms with Crippen molar-refractivity contribution < 1.29 is 17.9 Å². The molecule has 0 aliphatic carbocycles. The third kappa shape index (κ3) is 4.19. The van der Waals surface area contributed by atoms with Gasteiger partial charge in [-0.2, -0.15) is 0 Å². The molecule has 2 heterocycles. The van der Waals surface area contributed by atoms with Gasteiger partial charge in [0.15, 0.2) is 27.3 Å². The third-order valence-electron chi connectivity index (χ3n) is 4.56. The van der Waals surface area contributed by atoms with E-state index >= 15 is 0 Å². The van der Waals surface area contributed by atoms with E-state index in [1.807, 2.05) is 30.0 Å². The first-order valence-electron chi connectivity index (χ1n) is 8.47. The standard InChI is InChI=1S/C17H25N3O4S.HI/c1-4-18-16(20-8-9-25(21,22)17(2,3)11-20)19-10-13-6-5-7-14-15(13)24-12-23-14;/h5-7H,4,8-12H2,1-3H3,(H,18,19);1H. The zero-order chi connectivity index (χ0) is 18.1. The van der Waals surface area contributed by atoms with Crippen LogP contribution in [0.5, 0.6) is 11.5 Å². The van der Waals surface area contributed by atoms with Gasteiger partial charge in [0.2, 0.25) is 6.79 Å². The van der Waals surface area contributed by atoms with Crippen molar-refractivity contribution in [3.05, 3.63) is 23.8 Å². The summed E-state index contributed by atoms with van der Waals surface area (Å²) in [5, 5.41) is 3.26. The Morgan fingerprint density at radius 3 is 2.81 bits per heavy atom. The van der Waals surface area contributed by atoms with Crippen LogP contribution in [0.2, 0.25) is 0 Å². The number of guanidine groups is 1. The van der Waals surface area contributed by atoms with Gasteiger partial charge in [-0.1, -0.05) is 12.1 Å². The Morgan fingerprint density at radius 2 is 2.12 bits per heavy atom. The van der Waals surface area contributed by atoms with Crippen molar-refractivity contribution in [2.75, 3.05) is 32.2 Å². The van der Waals surface area contributed by atoms with Gasteiger partial charge in [0.25, 0.3) is 0 Å². The molecule has 3 rings (SSSR count). The fourth-order valence-electron chi connectivity index (χ4n) is 3.03. The molecule has 26 heavy (non-hydrogen) atoms. The molecular weight excluding hydrogens is 469 g/mol. The van der Waals surface area contributed by atoms with Crippen molar-refractivity contribution in [3.63, 3.8) is 0 Å². The molecule has 7 nitrogen and oxygen atoms in total. The van der Waals surface area contributed by atoms with Crippen LogP contribution in [0.3, 0.4) is 0 Å². The molecule has 0 radical (unpaired) electrons. The summed E-state index contributed by atoms with van der Waals surface area (Å²) in [4.78, 5) is 6.72. The van der Waals surface area contributed by atoms with E-state index in [1.165, 1.54) is 0 Å². The van der Waals surface area contributed by atoms with E-state index in [1.54, 1.807) is 13.8 Å². The summed E-state index contributed by atoms with van der Waals surface area (Å²) in [7, 11) is -3.08. The Labute approximate surface area is 172 Å². The van der Waals surface area contributed by atoms with Crippen molar-refractivity contribution in [2.24, 2.45) is 4.99 Å². The van der Waals surface area contributed by atoms with Crippen molar-refractivity contribution in [1.29, 1.82) is 0 Å². The quantitative estimate of drug-likeness (QED) is 0.393. The lowest BCUT2D eigenvalue weighted by atomic mass is 10.2. The Balaban J connectivity index is 0.00000243. The smallest absolute Gasteiger partial charge is 0.231 e. The molecule has 0 spiro atoms. The molecule has 1 saturated heterocycles. The van der Waals surface area contributed by atoms with Crippen LogP contribution in [0.15, 0.2) is 23.2 Å². The average Bonchev–Trinajstić information content (AvgIpc) is 3.03. The fourth-order valence-corrected chi connectivity index (χ4v) is 4.39. The minimum absolute atomic E-state index is 0. The molecule has 1 fully saturated rings. The summed E-state index contributed by atoms with van der Waals surface area (Å²) in [6.45, 7) is 7.80. The highest BCUT2D eigenvalue weighted by atomic mass is 127. The van der Waals surface area contributed by atoms with Gasteiger partial charge >= 0.3 is 0 Å². The van der Waals surface area contributed by atoms with E-state index in [9.17, 15) is 8.42 Å². The van der Waals surface area contributed by atoms with Crippen molar-refractivity contribution in [1.82, 2.24) is 10.2 Å². The lowest BCUT2D eigenvalue weighted by Crippen LogP contribution is -2.57. The van der Waals surface area contributed by atoms with Crippen molar-refractivity contribution in [2.45, 2.75) is 32.1 Å². The van der Waals surface area contributed by atoms with Gasteiger partial charge in [0, 0.05) is 25.2 Å². The molecule has 2 aliphatic heterocycles. The maximum Gasteiger partial charge on any atom is 0.231 e. The summed E-state index contributed by atoms with van der Waals surface area (Å²) in [6, 6.07) is 5.76.